The maximum absolute atomic E-state index is 6.18. The Morgan fingerprint density at radius 3 is 2.37 bits per heavy atom. The first-order valence-corrected chi connectivity index (χ1v) is 6.56. The van der Waals surface area contributed by atoms with E-state index in [1.165, 1.54) is 6.39 Å². The number of oxazole rings is 1. The highest BCUT2D eigenvalue weighted by atomic mass is 35.5. The van der Waals surface area contributed by atoms with Gasteiger partial charge in [0.05, 0.1) is 16.2 Å². The monoisotopic (exact) mass is 279 g/mol. The van der Waals surface area contributed by atoms with Crippen LogP contribution in [-0.4, -0.2) is 23.3 Å². The van der Waals surface area contributed by atoms with Crippen molar-refractivity contribution in [3.8, 4) is 0 Å². The van der Waals surface area contributed by atoms with Crippen molar-refractivity contribution in [1.82, 2.24) is 4.98 Å². The summed E-state index contributed by atoms with van der Waals surface area (Å²) in [5, 5.41) is 0.514. The summed E-state index contributed by atoms with van der Waals surface area (Å²) in [5.74, 6) is 0. The van der Waals surface area contributed by atoms with E-state index in [0.29, 0.717) is 16.1 Å². The quantitative estimate of drug-likeness (QED) is 0.753. The summed E-state index contributed by atoms with van der Waals surface area (Å²) in [5.41, 5.74) is 1.40. The van der Waals surface area contributed by atoms with Crippen molar-refractivity contribution in [1.29, 1.82) is 0 Å². The molecule has 0 saturated carbocycles. The SMILES string of the molecule is CC1(C)OB(c2cc(Cl)c3ocnc3c2)OC1(C)C. The molecule has 1 aliphatic heterocycles. The molecule has 1 saturated heterocycles. The van der Waals surface area contributed by atoms with Crippen LogP contribution in [0.5, 0.6) is 0 Å². The molecule has 2 aromatic rings. The number of aromatic nitrogens is 1. The lowest BCUT2D eigenvalue weighted by molar-refractivity contribution is 0.00578. The standard InChI is InChI=1S/C13H15BClNO3/c1-12(2)13(3,4)19-14(18-12)8-5-9(15)11-10(6-8)16-7-17-11/h5-7H,1-4H3. The Hall–Kier alpha value is -1.04. The summed E-state index contributed by atoms with van der Waals surface area (Å²) in [6.07, 6.45) is 1.38. The van der Waals surface area contributed by atoms with Crippen molar-refractivity contribution in [2.24, 2.45) is 0 Å². The highest BCUT2D eigenvalue weighted by Crippen LogP contribution is 2.37. The van der Waals surface area contributed by atoms with Crippen LogP contribution in [0.3, 0.4) is 0 Å². The van der Waals surface area contributed by atoms with Crippen LogP contribution >= 0.6 is 11.6 Å². The summed E-state index contributed by atoms with van der Waals surface area (Å²) in [7, 11) is -0.441. The second kappa shape index (κ2) is 3.98. The van der Waals surface area contributed by atoms with Crippen molar-refractivity contribution in [2.45, 2.75) is 38.9 Å². The predicted octanol–water partition coefficient (Wildman–Crippen LogP) is 2.78. The number of hydrogen-bond acceptors (Lipinski definition) is 4. The molecule has 2 heterocycles. The average molecular weight is 280 g/mol. The molecular weight excluding hydrogens is 264 g/mol. The maximum atomic E-state index is 6.18. The predicted molar refractivity (Wildman–Crippen MR) is 74.7 cm³/mol. The summed E-state index contributed by atoms with van der Waals surface area (Å²) in [6, 6.07) is 3.68. The molecule has 1 fully saturated rings. The molecule has 0 spiro atoms. The molecule has 19 heavy (non-hydrogen) atoms. The summed E-state index contributed by atoms with van der Waals surface area (Å²) >= 11 is 6.18. The minimum Gasteiger partial charge on any atom is -0.442 e. The van der Waals surface area contributed by atoms with Crippen LogP contribution in [-0.2, 0) is 9.31 Å². The fraction of sp³-hybridized carbons (Fsp3) is 0.462. The molecule has 0 aliphatic carbocycles. The average Bonchev–Trinajstić information content (AvgIpc) is 2.82. The molecule has 1 aromatic carbocycles. The highest BCUT2D eigenvalue weighted by molar-refractivity contribution is 6.62. The first kappa shape index (κ1) is 13.0. The Morgan fingerprint density at radius 1 is 1.11 bits per heavy atom. The van der Waals surface area contributed by atoms with Gasteiger partial charge in [0.2, 0.25) is 0 Å². The Kier molecular flexibility index (Phi) is 2.72. The molecule has 100 valence electrons. The lowest BCUT2D eigenvalue weighted by atomic mass is 9.79. The van der Waals surface area contributed by atoms with Gasteiger partial charge >= 0.3 is 7.12 Å². The first-order chi connectivity index (χ1) is 8.80. The molecule has 0 unspecified atom stereocenters. The van der Waals surface area contributed by atoms with Crippen LogP contribution in [0.2, 0.25) is 5.02 Å². The van der Waals surface area contributed by atoms with Gasteiger partial charge in [-0.15, -0.1) is 0 Å². The van der Waals surface area contributed by atoms with E-state index in [1.807, 2.05) is 33.8 Å². The number of benzene rings is 1. The molecule has 0 N–H and O–H groups in total. The van der Waals surface area contributed by atoms with Crippen molar-refractivity contribution in [3.63, 3.8) is 0 Å². The second-order valence-electron chi connectivity index (χ2n) is 5.79. The van der Waals surface area contributed by atoms with E-state index < -0.39 is 7.12 Å². The zero-order valence-corrected chi connectivity index (χ0v) is 12.1. The van der Waals surface area contributed by atoms with Crippen molar-refractivity contribution >= 4 is 35.3 Å². The zero-order chi connectivity index (χ0) is 13.8. The smallest absolute Gasteiger partial charge is 0.442 e. The van der Waals surface area contributed by atoms with Gasteiger partial charge < -0.3 is 13.7 Å². The molecule has 0 atom stereocenters. The van der Waals surface area contributed by atoms with E-state index in [1.54, 1.807) is 6.07 Å². The summed E-state index contributed by atoms with van der Waals surface area (Å²) < 4.78 is 17.2. The third kappa shape index (κ3) is 1.97. The molecule has 0 radical (unpaired) electrons. The molecule has 1 aliphatic rings. The number of halogens is 1. The van der Waals surface area contributed by atoms with E-state index in [0.717, 1.165) is 5.46 Å². The zero-order valence-electron chi connectivity index (χ0n) is 11.4. The summed E-state index contributed by atoms with van der Waals surface area (Å²) in [6.45, 7) is 8.07. The molecule has 3 rings (SSSR count). The summed E-state index contributed by atoms with van der Waals surface area (Å²) in [4.78, 5) is 4.12. The number of fused-ring (bicyclic) bond motifs is 1. The molecule has 4 nitrogen and oxygen atoms in total. The molecule has 1 aromatic heterocycles. The number of rotatable bonds is 1. The normalized spacial score (nSPS) is 21.2. The van der Waals surface area contributed by atoms with Gasteiger partial charge in [0.1, 0.15) is 5.52 Å². The first-order valence-electron chi connectivity index (χ1n) is 6.18. The Morgan fingerprint density at radius 2 is 1.74 bits per heavy atom. The van der Waals surface area contributed by atoms with E-state index in [4.69, 9.17) is 25.3 Å². The van der Waals surface area contributed by atoms with Crippen LogP contribution in [0, 0.1) is 0 Å². The van der Waals surface area contributed by atoms with E-state index in [2.05, 4.69) is 4.98 Å². The fourth-order valence-corrected chi connectivity index (χ4v) is 2.33. The topological polar surface area (TPSA) is 44.5 Å². The Bertz CT molecular complexity index is 622. The maximum Gasteiger partial charge on any atom is 0.494 e. The molecule has 0 bridgehead atoms. The minimum absolute atomic E-state index is 0.372. The third-order valence-electron chi connectivity index (χ3n) is 3.93. The van der Waals surface area contributed by atoms with Crippen LogP contribution in [0.25, 0.3) is 11.1 Å². The van der Waals surface area contributed by atoms with Gasteiger partial charge in [-0.1, -0.05) is 11.6 Å². The van der Waals surface area contributed by atoms with Gasteiger partial charge in [-0.3, -0.25) is 0 Å². The van der Waals surface area contributed by atoms with Gasteiger partial charge in [0.25, 0.3) is 0 Å². The van der Waals surface area contributed by atoms with Crippen LogP contribution in [0.1, 0.15) is 27.7 Å². The molecule has 6 heteroatoms. The van der Waals surface area contributed by atoms with Crippen LogP contribution in [0.15, 0.2) is 22.9 Å². The van der Waals surface area contributed by atoms with E-state index >= 15 is 0 Å². The fourth-order valence-electron chi connectivity index (χ4n) is 2.06. The largest absolute Gasteiger partial charge is 0.494 e. The number of hydrogen-bond donors (Lipinski definition) is 0. The van der Waals surface area contributed by atoms with Gasteiger partial charge in [0.15, 0.2) is 12.0 Å². The van der Waals surface area contributed by atoms with E-state index in [9.17, 15) is 0 Å². The Labute approximate surface area is 117 Å². The van der Waals surface area contributed by atoms with Crippen molar-refractivity contribution < 1.29 is 13.7 Å². The van der Waals surface area contributed by atoms with Crippen molar-refractivity contribution in [3.05, 3.63) is 23.5 Å². The second-order valence-corrected chi connectivity index (χ2v) is 6.20. The van der Waals surface area contributed by atoms with Crippen molar-refractivity contribution in [2.75, 3.05) is 0 Å². The third-order valence-corrected chi connectivity index (χ3v) is 4.21. The van der Waals surface area contributed by atoms with Gasteiger partial charge in [-0.25, -0.2) is 4.98 Å². The molecule has 0 amide bonds. The van der Waals surface area contributed by atoms with Gasteiger partial charge in [-0.2, -0.15) is 0 Å². The lowest BCUT2D eigenvalue weighted by Crippen LogP contribution is -2.41. The highest BCUT2D eigenvalue weighted by Gasteiger charge is 2.51. The molecular formula is C13H15BClNO3. The van der Waals surface area contributed by atoms with Gasteiger partial charge in [0, 0.05) is 0 Å². The minimum atomic E-state index is -0.441. The number of nitrogens with zero attached hydrogens (tertiary/aromatic N) is 1. The van der Waals surface area contributed by atoms with Gasteiger partial charge in [-0.05, 0) is 45.3 Å². The van der Waals surface area contributed by atoms with E-state index in [-0.39, 0.29) is 11.2 Å². The van der Waals surface area contributed by atoms with Crippen LogP contribution < -0.4 is 5.46 Å². The Balaban J connectivity index is 2.02. The lowest BCUT2D eigenvalue weighted by Gasteiger charge is -2.32. The van der Waals surface area contributed by atoms with Crippen LogP contribution in [0.4, 0.5) is 0 Å².